The number of nitrogens with one attached hydrogen (secondary N) is 1. The summed E-state index contributed by atoms with van der Waals surface area (Å²) in [5, 5.41) is 12.2. The second-order valence-electron chi connectivity index (χ2n) is 4.77. The van der Waals surface area contributed by atoms with Gasteiger partial charge in [0.2, 0.25) is 0 Å². The van der Waals surface area contributed by atoms with Crippen LogP contribution in [0, 0.1) is 0 Å². The topological polar surface area (TPSA) is 78.6 Å². The van der Waals surface area contributed by atoms with Crippen LogP contribution in [0.4, 0.5) is 5.69 Å². The molecule has 0 aliphatic carbocycles. The van der Waals surface area contributed by atoms with E-state index >= 15 is 0 Å². The molecule has 4 N–H and O–H groups in total. The number of nitrogen functional groups attached to an aromatic ring is 1. The normalized spacial score (nSPS) is 12.4. The van der Waals surface area contributed by atoms with Crippen LogP contribution in [0.3, 0.4) is 0 Å². The van der Waals surface area contributed by atoms with Gasteiger partial charge < -0.3 is 21.1 Å². The summed E-state index contributed by atoms with van der Waals surface area (Å²) in [5.41, 5.74) is 6.39. The molecule has 1 amide bonds. The summed E-state index contributed by atoms with van der Waals surface area (Å²) in [6.45, 7) is 5.61. The van der Waals surface area contributed by atoms with Crippen molar-refractivity contribution >= 4 is 11.6 Å². The minimum absolute atomic E-state index is 0.0380. The smallest absolute Gasteiger partial charge is 0.253 e. The molecule has 1 atom stereocenters. The summed E-state index contributed by atoms with van der Waals surface area (Å²) in [6, 6.07) is 4.85. The highest BCUT2D eigenvalue weighted by molar-refractivity contribution is 5.99. The van der Waals surface area contributed by atoms with Crippen molar-refractivity contribution in [2.75, 3.05) is 25.9 Å². The van der Waals surface area contributed by atoms with Crippen molar-refractivity contribution < 1.29 is 9.90 Å². The lowest BCUT2D eigenvalue weighted by Crippen LogP contribution is -2.37. The number of nitrogens with zero attached hydrogens (tertiary/aromatic N) is 1. The standard InChI is InChI=1S/C14H23N3O2/c1-4-10(2)17(3)8-7-16-14(19)12-9-11(18)5-6-13(12)15/h5-6,9-10,18H,4,7-8,15H2,1-3H3,(H,16,19). The summed E-state index contributed by atoms with van der Waals surface area (Å²) >= 11 is 0. The molecule has 0 aromatic heterocycles. The highest BCUT2D eigenvalue weighted by Gasteiger charge is 2.11. The van der Waals surface area contributed by atoms with E-state index in [1.165, 1.54) is 18.2 Å². The number of amides is 1. The Labute approximate surface area is 114 Å². The molecule has 1 aromatic rings. The molecule has 5 heteroatoms. The Hall–Kier alpha value is -1.75. The van der Waals surface area contributed by atoms with Crippen molar-refractivity contribution in [1.82, 2.24) is 10.2 Å². The minimum Gasteiger partial charge on any atom is -0.508 e. The van der Waals surface area contributed by atoms with Crippen molar-refractivity contribution in [3.05, 3.63) is 23.8 Å². The summed E-state index contributed by atoms with van der Waals surface area (Å²) in [4.78, 5) is 14.1. The molecule has 0 heterocycles. The molecule has 0 radical (unpaired) electrons. The van der Waals surface area contributed by atoms with Gasteiger partial charge in [-0.25, -0.2) is 0 Å². The van der Waals surface area contributed by atoms with Gasteiger partial charge in [-0.3, -0.25) is 4.79 Å². The molecule has 1 unspecified atom stereocenters. The monoisotopic (exact) mass is 265 g/mol. The van der Waals surface area contributed by atoms with Crippen LogP contribution >= 0.6 is 0 Å². The lowest BCUT2D eigenvalue weighted by atomic mass is 10.1. The summed E-state index contributed by atoms with van der Waals surface area (Å²) in [6.07, 6.45) is 1.07. The number of phenolic OH excluding ortho intramolecular Hbond substituents is 1. The zero-order valence-electron chi connectivity index (χ0n) is 11.8. The molecule has 0 aliphatic heterocycles. The maximum atomic E-state index is 11.9. The van der Waals surface area contributed by atoms with Gasteiger partial charge in [0.25, 0.3) is 5.91 Å². The molecule has 0 bridgehead atoms. The van der Waals surface area contributed by atoms with Crippen LogP contribution in [0.5, 0.6) is 5.75 Å². The highest BCUT2D eigenvalue weighted by Crippen LogP contribution is 2.18. The molecule has 0 spiro atoms. The predicted octanol–water partition coefficient (Wildman–Crippen LogP) is 1.43. The Morgan fingerprint density at radius 3 is 2.84 bits per heavy atom. The number of hydrogen-bond acceptors (Lipinski definition) is 4. The number of rotatable bonds is 6. The van der Waals surface area contributed by atoms with Gasteiger partial charge in [-0.2, -0.15) is 0 Å². The third-order valence-electron chi connectivity index (χ3n) is 3.37. The fourth-order valence-electron chi connectivity index (χ4n) is 1.71. The number of carbonyl (C=O) groups excluding carboxylic acids is 1. The Balaban J connectivity index is 2.50. The van der Waals surface area contributed by atoms with E-state index in [9.17, 15) is 9.90 Å². The maximum Gasteiger partial charge on any atom is 0.253 e. The van der Waals surface area contributed by atoms with Crippen molar-refractivity contribution in [2.45, 2.75) is 26.3 Å². The molecule has 0 saturated carbocycles. The van der Waals surface area contributed by atoms with Gasteiger partial charge in [0.15, 0.2) is 0 Å². The molecule has 5 nitrogen and oxygen atoms in total. The van der Waals surface area contributed by atoms with Crippen molar-refractivity contribution in [3.8, 4) is 5.75 Å². The predicted molar refractivity (Wildman–Crippen MR) is 77.2 cm³/mol. The van der Waals surface area contributed by atoms with E-state index in [-0.39, 0.29) is 11.7 Å². The first-order chi connectivity index (χ1) is 8.95. The maximum absolute atomic E-state index is 11.9. The summed E-state index contributed by atoms with van der Waals surface area (Å²) in [7, 11) is 2.03. The van der Waals surface area contributed by atoms with Gasteiger partial charge in [-0.15, -0.1) is 0 Å². The van der Waals surface area contributed by atoms with Crippen LogP contribution in [-0.2, 0) is 0 Å². The van der Waals surface area contributed by atoms with Gasteiger partial charge in [0.1, 0.15) is 5.75 Å². The Bertz CT molecular complexity index is 435. The average Bonchev–Trinajstić information content (AvgIpc) is 2.40. The second-order valence-corrected chi connectivity index (χ2v) is 4.77. The van der Waals surface area contributed by atoms with Crippen molar-refractivity contribution in [1.29, 1.82) is 0 Å². The summed E-state index contributed by atoms with van der Waals surface area (Å²) in [5.74, 6) is -0.220. The first kappa shape index (κ1) is 15.3. The van der Waals surface area contributed by atoms with Crippen molar-refractivity contribution in [2.24, 2.45) is 0 Å². The van der Waals surface area contributed by atoms with Gasteiger partial charge >= 0.3 is 0 Å². The van der Waals surface area contributed by atoms with Gasteiger partial charge in [0.05, 0.1) is 5.56 Å². The first-order valence-electron chi connectivity index (χ1n) is 6.52. The zero-order valence-corrected chi connectivity index (χ0v) is 11.8. The number of anilines is 1. The van der Waals surface area contributed by atoms with Crippen LogP contribution in [0.1, 0.15) is 30.6 Å². The number of hydrogen-bond donors (Lipinski definition) is 3. The molecule has 1 aromatic carbocycles. The van der Waals surface area contributed by atoms with Crippen LogP contribution in [-0.4, -0.2) is 42.1 Å². The van der Waals surface area contributed by atoms with Crippen LogP contribution in [0.15, 0.2) is 18.2 Å². The Kier molecular flexibility index (Phi) is 5.63. The van der Waals surface area contributed by atoms with E-state index in [1.54, 1.807) is 0 Å². The lowest BCUT2D eigenvalue weighted by Gasteiger charge is -2.23. The molecule has 0 aliphatic rings. The van der Waals surface area contributed by atoms with E-state index in [0.29, 0.717) is 23.8 Å². The van der Waals surface area contributed by atoms with Crippen LogP contribution in [0.25, 0.3) is 0 Å². The number of phenols is 1. The van der Waals surface area contributed by atoms with E-state index in [4.69, 9.17) is 5.73 Å². The Morgan fingerprint density at radius 1 is 1.53 bits per heavy atom. The molecule has 0 fully saturated rings. The molecule has 106 valence electrons. The van der Waals surface area contributed by atoms with Crippen LogP contribution < -0.4 is 11.1 Å². The number of carbonyl (C=O) groups is 1. The van der Waals surface area contributed by atoms with Crippen LogP contribution in [0.2, 0.25) is 0 Å². The van der Waals surface area contributed by atoms with E-state index < -0.39 is 0 Å². The third-order valence-corrected chi connectivity index (χ3v) is 3.37. The van der Waals surface area contributed by atoms with Gasteiger partial charge in [-0.1, -0.05) is 6.92 Å². The third kappa shape index (κ3) is 4.44. The zero-order chi connectivity index (χ0) is 14.4. The van der Waals surface area contributed by atoms with Gasteiger partial charge in [0, 0.05) is 24.8 Å². The molecule has 1 rings (SSSR count). The number of benzene rings is 1. The summed E-state index contributed by atoms with van der Waals surface area (Å²) < 4.78 is 0. The molecular weight excluding hydrogens is 242 g/mol. The SMILES string of the molecule is CCC(C)N(C)CCNC(=O)c1cc(O)ccc1N. The fraction of sp³-hybridized carbons (Fsp3) is 0.500. The van der Waals surface area contributed by atoms with Gasteiger partial charge in [-0.05, 0) is 38.6 Å². The van der Waals surface area contributed by atoms with E-state index in [0.717, 1.165) is 13.0 Å². The molecule has 0 saturated heterocycles. The lowest BCUT2D eigenvalue weighted by molar-refractivity contribution is 0.0948. The van der Waals surface area contributed by atoms with E-state index in [2.05, 4.69) is 24.1 Å². The fourth-order valence-corrected chi connectivity index (χ4v) is 1.71. The second kappa shape index (κ2) is 6.99. The Morgan fingerprint density at radius 2 is 2.21 bits per heavy atom. The average molecular weight is 265 g/mol. The first-order valence-corrected chi connectivity index (χ1v) is 6.52. The number of likely N-dealkylation sites (N-methyl/N-ethyl adjacent to an activating group) is 1. The molecule has 19 heavy (non-hydrogen) atoms. The number of aromatic hydroxyl groups is 1. The quantitative estimate of drug-likeness (QED) is 0.537. The minimum atomic E-state index is -0.258. The number of nitrogens with two attached hydrogens (primary N) is 1. The van der Waals surface area contributed by atoms with E-state index in [1.807, 2.05) is 7.05 Å². The molecular formula is C14H23N3O2. The largest absolute Gasteiger partial charge is 0.508 e. The highest BCUT2D eigenvalue weighted by atomic mass is 16.3. The van der Waals surface area contributed by atoms with Crippen molar-refractivity contribution in [3.63, 3.8) is 0 Å².